The molecule has 0 radical (unpaired) electrons. The second kappa shape index (κ2) is 4.49. The van der Waals surface area contributed by atoms with E-state index in [0.717, 1.165) is 6.54 Å². The van der Waals surface area contributed by atoms with Crippen LogP contribution >= 0.6 is 0 Å². The van der Waals surface area contributed by atoms with E-state index in [0.29, 0.717) is 29.9 Å². The Morgan fingerprint density at radius 1 is 1.39 bits per heavy atom. The highest BCUT2D eigenvalue weighted by molar-refractivity contribution is 5.90. The Morgan fingerprint density at radius 2 is 2.28 bits per heavy atom. The first-order chi connectivity index (χ1) is 8.77. The van der Waals surface area contributed by atoms with E-state index in [1.807, 2.05) is 6.92 Å². The van der Waals surface area contributed by atoms with Crippen LogP contribution in [0.5, 0.6) is 0 Å². The largest absolute Gasteiger partial charge is 0.377 e. The highest BCUT2D eigenvalue weighted by atomic mass is 19.1. The zero-order chi connectivity index (χ0) is 12.5. The van der Waals surface area contributed by atoms with Crippen LogP contribution in [0.4, 0.5) is 10.2 Å². The smallest absolute Gasteiger partial charge is 0.143 e. The predicted octanol–water partition coefficient (Wildman–Crippen LogP) is 1.99. The fourth-order valence-electron chi connectivity index (χ4n) is 2.31. The maximum atomic E-state index is 14.0. The molecule has 0 amide bonds. The molecule has 1 aromatic heterocycles. The van der Waals surface area contributed by atoms with Crippen molar-refractivity contribution in [3.8, 4) is 0 Å². The summed E-state index contributed by atoms with van der Waals surface area (Å²) in [5, 5.41) is 0.494. The van der Waals surface area contributed by atoms with Crippen molar-refractivity contribution in [1.82, 2.24) is 9.97 Å². The summed E-state index contributed by atoms with van der Waals surface area (Å²) < 4.78 is 19.4. The molecule has 94 valence electrons. The molecular weight excluding hydrogens is 233 g/mol. The molecule has 1 atom stereocenters. The van der Waals surface area contributed by atoms with Crippen LogP contribution in [0.25, 0.3) is 10.9 Å². The number of aromatic nitrogens is 2. The van der Waals surface area contributed by atoms with E-state index in [1.165, 1.54) is 12.4 Å². The van der Waals surface area contributed by atoms with Gasteiger partial charge in [-0.25, -0.2) is 14.4 Å². The second-order valence-corrected chi connectivity index (χ2v) is 4.45. The number of benzene rings is 1. The molecule has 0 N–H and O–H groups in total. The van der Waals surface area contributed by atoms with Crippen LogP contribution in [0.2, 0.25) is 0 Å². The van der Waals surface area contributed by atoms with Crippen molar-refractivity contribution in [2.45, 2.75) is 13.0 Å². The molecule has 0 saturated carbocycles. The molecule has 0 bridgehead atoms. The average Bonchev–Trinajstić information content (AvgIpc) is 2.39. The number of hydrogen-bond acceptors (Lipinski definition) is 4. The molecule has 3 rings (SSSR count). The number of anilines is 1. The second-order valence-electron chi connectivity index (χ2n) is 4.45. The van der Waals surface area contributed by atoms with Crippen LogP contribution in [-0.4, -0.2) is 35.8 Å². The first-order valence-electron chi connectivity index (χ1n) is 6.01. The SMILES string of the molecule is C[C@@H]1COCCN1c1ncnc2cccc(F)c12. The normalized spacial score (nSPS) is 20.3. The van der Waals surface area contributed by atoms with Gasteiger partial charge in [0.25, 0.3) is 0 Å². The molecular formula is C13H14FN3O. The Balaban J connectivity index is 2.16. The Bertz CT molecular complexity index is 570. The van der Waals surface area contributed by atoms with E-state index in [2.05, 4.69) is 14.9 Å². The van der Waals surface area contributed by atoms with Gasteiger partial charge in [-0.15, -0.1) is 0 Å². The number of hydrogen-bond donors (Lipinski definition) is 0. The maximum Gasteiger partial charge on any atom is 0.143 e. The summed E-state index contributed by atoms with van der Waals surface area (Å²) in [5.74, 6) is 0.385. The van der Waals surface area contributed by atoms with E-state index in [1.54, 1.807) is 12.1 Å². The van der Waals surface area contributed by atoms with Gasteiger partial charge in [-0.3, -0.25) is 0 Å². The van der Waals surface area contributed by atoms with Gasteiger partial charge in [0.2, 0.25) is 0 Å². The first-order valence-corrected chi connectivity index (χ1v) is 6.01. The fourth-order valence-corrected chi connectivity index (χ4v) is 2.31. The maximum absolute atomic E-state index is 14.0. The molecule has 1 aliphatic heterocycles. The summed E-state index contributed by atoms with van der Waals surface area (Å²) in [4.78, 5) is 10.5. The lowest BCUT2D eigenvalue weighted by Crippen LogP contribution is -2.44. The van der Waals surface area contributed by atoms with Gasteiger partial charge < -0.3 is 9.64 Å². The molecule has 4 nitrogen and oxygen atoms in total. The minimum absolute atomic E-state index is 0.191. The third-order valence-electron chi connectivity index (χ3n) is 3.23. The molecule has 1 aromatic carbocycles. The van der Waals surface area contributed by atoms with E-state index in [-0.39, 0.29) is 11.9 Å². The molecule has 0 spiro atoms. The number of rotatable bonds is 1. The number of nitrogens with zero attached hydrogens (tertiary/aromatic N) is 3. The highest BCUT2D eigenvalue weighted by Crippen LogP contribution is 2.27. The first kappa shape index (κ1) is 11.3. The van der Waals surface area contributed by atoms with Crippen LogP contribution in [0, 0.1) is 5.82 Å². The zero-order valence-electron chi connectivity index (χ0n) is 10.1. The summed E-state index contributed by atoms with van der Waals surface area (Å²) in [6.45, 7) is 4.06. The summed E-state index contributed by atoms with van der Waals surface area (Å²) in [6.07, 6.45) is 1.49. The number of fused-ring (bicyclic) bond motifs is 1. The monoisotopic (exact) mass is 247 g/mol. The fraction of sp³-hybridized carbons (Fsp3) is 0.385. The summed E-state index contributed by atoms with van der Waals surface area (Å²) in [6, 6.07) is 5.10. The Hall–Kier alpha value is -1.75. The van der Waals surface area contributed by atoms with Gasteiger partial charge in [0, 0.05) is 6.54 Å². The third-order valence-corrected chi connectivity index (χ3v) is 3.23. The molecule has 1 aliphatic rings. The van der Waals surface area contributed by atoms with Gasteiger partial charge in [-0.1, -0.05) is 6.07 Å². The van der Waals surface area contributed by atoms with Crippen LogP contribution < -0.4 is 4.90 Å². The average molecular weight is 247 g/mol. The molecule has 18 heavy (non-hydrogen) atoms. The predicted molar refractivity (Wildman–Crippen MR) is 67.1 cm³/mol. The molecule has 0 unspecified atom stereocenters. The number of morpholine rings is 1. The summed E-state index contributed by atoms with van der Waals surface area (Å²) in [5.41, 5.74) is 0.638. The molecule has 1 saturated heterocycles. The van der Waals surface area contributed by atoms with E-state index >= 15 is 0 Å². The molecule has 1 fully saturated rings. The minimum atomic E-state index is -0.276. The summed E-state index contributed by atoms with van der Waals surface area (Å²) >= 11 is 0. The number of ether oxygens (including phenoxy) is 1. The van der Waals surface area contributed by atoms with Gasteiger partial charge in [0.05, 0.1) is 30.2 Å². The quantitative estimate of drug-likeness (QED) is 0.772. The van der Waals surface area contributed by atoms with Crippen molar-refractivity contribution in [2.24, 2.45) is 0 Å². The summed E-state index contributed by atoms with van der Waals surface area (Å²) in [7, 11) is 0. The lowest BCUT2D eigenvalue weighted by atomic mass is 10.2. The van der Waals surface area contributed by atoms with Gasteiger partial charge in [-0.05, 0) is 19.1 Å². The van der Waals surface area contributed by atoms with Crippen LogP contribution in [0.3, 0.4) is 0 Å². The molecule has 5 heteroatoms. The lowest BCUT2D eigenvalue weighted by Gasteiger charge is -2.34. The number of halogens is 1. The van der Waals surface area contributed by atoms with Crippen molar-refractivity contribution in [1.29, 1.82) is 0 Å². The Labute approximate surface area is 104 Å². The van der Waals surface area contributed by atoms with Crippen LogP contribution in [0.15, 0.2) is 24.5 Å². The van der Waals surface area contributed by atoms with Crippen molar-refractivity contribution in [3.05, 3.63) is 30.3 Å². The van der Waals surface area contributed by atoms with Crippen molar-refractivity contribution >= 4 is 16.7 Å². The minimum Gasteiger partial charge on any atom is -0.377 e. The van der Waals surface area contributed by atoms with Gasteiger partial charge in [0.15, 0.2) is 0 Å². The van der Waals surface area contributed by atoms with E-state index < -0.39 is 0 Å². The van der Waals surface area contributed by atoms with Crippen LogP contribution in [0.1, 0.15) is 6.92 Å². The van der Waals surface area contributed by atoms with Gasteiger partial charge in [-0.2, -0.15) is 0 Å². The van der Waals surface area contributed by atoms with E-state index in [4.69, 9.17) is 4.74 Å². The third kappa shape index (κ3) is 1.80. The van der Waals surface area contributed by atoms with Crippen molar-refractivity contribution in [3.63, 3.8) is 0 Å². The van der Waals surface area contributed by atoms with Gasteiger partial charge >= 0.3 is 0 Å². The van der Waals surface area contributed by atoms with Gasteiger partial charge in [0.1, 0.15) is 18.0 Å². The highest BCUT2D eigenvalue weighted by Gasteiger charge is 2.23. The zero-order valence-corrected chi connectivity index (χ0v) is 10.1. The van der Waals surface area contributed by atoms with Crippen LogP contribution in [-0.2, 0) is 4.74 Å². The molecule has 2 heterocycles. The standard InChI is InChI=1S/C13H14FN3O/c1-9-7-18-6-5-17(9)13-12-10(14)3-2-4-11(12)15-8-16-13/h2-4,8-9H,5-7H2,1H3/t9-/m1/s1. The Morgan fingerprint density at radius 3 is 3.11 bits per heavy atom. The lowest BCUT2D eigenvalue weighted by molar-refractivity contribution is 0.0986. The van der Waals surface area contributed by atoms with Crippen molar-refractivity contribution < 1.29 is 9.13 Å². The van der Waals surface area contributed by atoms with Crippen molar-refractivity contribution in [2.75, 3.05) is 24.7 Å². The molecule has 2 aromatic rings. The topological polar surface area (TPSA) is 38.2 Å². The Kier molecular flexibility index (Phi) is 2.83. The van der Waals surface area contributed by atoms with E-state index in [9.17, 15) is 4.39 Å². The molecule has 0 aliphatic carbocycles.